The fourth-order valence-corrected chi connectivity index (χ4v) is 2.81. The topological polar surface area (TPSA) is 18.5 Å². The molecular weight excluding hydrogens is 248 g/mol. The Morgan fingerprint density at radius 3 is 2.40 bits per heavy atom. The predicted octanol–water partition coefficient (Wildman–Crippen LogP) is 5.05. The molecule has 1 aromatic carbocycles. The Bertz CT molecular complexity index is 396. The van der Waals surface area contributed by atoms with Crippen molar-refractivity contribution < 1.29 is 9.47 Å². The molecule has 2 heteroatoms. The monoisotopic (exact) mass is 276 g/mol. The molecule has 0 amide bonds. The molecule has 112 valence electrons. The van der Waals surface area contributed by atoms with E-state index in [1.807, 2.05) is 0 Å². The van der Waals surface area contributed by atoms with Crippen molar-refractivity contribution >= 4 is 0 Å². The Hall–Kier alpha value is -0.860. The van der Waals surface area contributed by atoms with Crippen LogP contribution in [-0.2, 0) is 9.47 Å². The molecule has 1 heterocycles. The van der Waals surface area contributed by atoms with Crippen molar-refractivity contribution in [2.24, 2.45) is 5.92 Å². The van der Waals surface area contributed by atoms with Crippen LogP contribution in [0.4, 0.5) is 0 Å². The van der Waals surface area contributed by atoms with Crippen LogP contribution in [0.15, 0.2) is 24.3 Å². The maximum absolute atomic E-state index is 6.19. The maximum Gasteiger partial charge on any atom is 0.184 e. The summed E-state index contributed by atoms with van der Waals surface area (Å²) in [4.78, 5) is 0. The highest BCUT2D eigenvalue weighted by Crippen LogP contribution is 2.33. The van der Waals surface area contributed by atoms with Crippen LogP contribution in [0.5, 0.6) is 0 Å². The third-order valence-electron chi connectivity index (χ3n) is 4.26. The van der Waals surface area contributed by atoms with E-state index < -0.39 is 0 Å². The van der Waals surface area contributed by atoms with Crippen LogP contribution in [0.1, 0.15) is 70.3 Å². The number of rotatable bonds is 5. The van der Waals surface area contributed by atoms with Crippen LogP contribution in [0.2, 0.25) is 0 Å². The minimum Gasteiger partial charge on any atom is -0.348 e. The summed E-state index contributed by atoms with van der Waals surface area (Å²) in [5, 5.41) is 0. The molecule has 1 saturated heterocycles. The molecule has 0 aliphatic carbocycles. The molecular formula is C18H28O2. The lowest BCUT2D eigenvalue weighted by molar-refractivity contribution is -0.243. The normalized spacial score (nSPS) is 26.9. The van der Waals surface area contributed by atoms with Gasteiger partial charge >= 0.3 is 0 Å². The van der Waals surface area contributed by atoms with Gasteiger partial charge in [0, 0.05) is 11.5 Å². The van der Waals surface area contributed by atoms with E-state index >= 15 is 0 Å². The number of hydrogen-bond donors (Lipinski definition) is 0. The lowest BCUT2D eigenvalue weighted by Crippen LogP contribution is -2.35. The first-order valence-electron chi connectivity index (χ1n) is 8.02. The zero-order valence-electron chi connectivity index (χ0n) is 13.3. The van der Waals surface area contributed by atoms with Crippen molar-refractivity contribution in [1.29, 1.82) is 0 Å². The van der Waals surface area contributed by atoms with Crippen LogP contribution in [0, 0.1) is 5.92 Å². The van der Waals surface area contributed by atoms with Gasteiger partial charge in [-0.05, 0) is 24.3 Å². The van der Waals surface area contributed by atoms with Crippen LogP contribution in [0.3, 0.4) is 0 Å². The van der Waals surface area contributed by atoms with E-state index in [0.29, 0.717) is 17.9 Å². The number of ether oxygens (including phenoxy) is 2. The first kappa shape index (κ1) is 15.5. The molecule has 3 atom stereocenters. The molecule has 0 spiro atoms. The van der Waals surface area contributed by atoms with Crippen molar-refractivity contribution in [3.8, 4) is 0 Å². The molecule has 1 fully saturated rings. The van der Waals surface area contributed by atoms with E-state index in [9.17, 15) is 0 Å². The summed E-state index contributed by atoms with van der Waals surface area (Å²) in [6, 6.07) is 8.67. The second-order valence-corrected chi connectivity index (χ2v) is 6.12. The zero-order valence-corrected chi connectivity index (χ0v) is 13.3. The lowest BCUT2D eigenvalue weighted by atomic mass is 9.95. The quantitative estimate of drug-likeness (QED) is 0.749. The van der Waals surface area contributed by atoms with Crippen LogP contribution < -0.4 is 0 Å². The van der Waals surface area contributed by atoms with Gasteiger partial charge in [0.15, 0.2) is 6.29 Å². The summed E-state index contributed by atoms with van der Waals surface area (Å²) >= 11 is 0. The molecule has 20 heavy (non-hydrogen) atoms. The van der Waals surface area contributed by atoms with E-state index in [4.69, 9.17) is 9.47 Å². The smallest absolute Gasteiger partial charge is 0.184 e. The second kappa shape index (κ2) is 7.24. The molecule has 0 bridgehead atoms. The fourth-order valence-electron chi connectivity index (χ4n) is 2.81. The SMILES string of the molecule is CCC[C@H]1O[C@@H](c2ccc(C(C)C)cc2)OC[C@@H]1CC. The van der Waals surface area contributed by atoms with E-state index in [1.54, 1.807) is 0 Å². The van der Waals surface area contributed by atoms with E-state index in [2.05, 4.69) is 52.0 Å². The van der Waals surface area contributed by atoms with Gasteiger partial charge in [0.05, 0.1) is 12.7 Å². The van der Waals surface area contributed by atoms with Gasteiger partial charge in [-0.15, -0.1) is 0 Å². The minimum atomic E-state index is -0.185. The fraction of sp³-hybridized carbons (Fsp3) is 0.667. The predicted molar refractivity (Wildman–Crippen MR) is 82.8 cm³/mol. The van der Waals surface area contributed by atoms with Crippen molar-refractivity contribution in [2.45, 2.75) is 65.3 Å². The molecule has 0 N–H and O–H groups in total. The highest BCUT2D eigenvalue weighted by atomic mass is 16.7. The van der Waals surface area contributed by atoms with Crippen LogP contribution >= 0.6 is 0 Å². The lowest BCUT2D eigenvalue weighted by Gasteiger charge is -2.36. The Morgan fingerprint density at radius 2 is 1.85 bits per heavy atom. The standard InChI is InChI=1S/C18H28O2/c1-5-7-17-14(6-2)12-19-18(20-17)16-10-8-15(9-11-16)13(3)4/h8-11,13-14,17-18H,5-7,12H2,1-4H3/t14-,17+,18-/m0/s1. The van der Waals surface area contributed by atoms with Gasteiger partial charge in [-0.25, -0.2) is 0 Å². The summed E-state index contributed by atoms with van der Waals surface area (Å²) in [6.45, 7) is 9.69. The van der Waals surface area contributed by atoms with Gasteiger partial charge in [0.25, 0.3) is 0 Å². The van der Waals surface area contributed by atoms with Crippen molar-refractivity contribution in [1.82, 2.24) is 0 Å². The molecule has 0 unspecified atom stereocenters. The molecule has 0 radical (unpaired) electrons. The highest BCUT2D eigenvalue weighted by molar-refractivity contribution is 5.25. The molecule has 1 aliphatic rings. The van der Waals surface area contributed by atoms with Crippen molar-refractivity contribution in [3.63, 3.8) is 0 Å². The minimum absolute atomic E-state index is 0.185. The second-order valence-electron chi connectivity index (χ2n) is 6.12. The summed E-state index contributed by atoms with van der Waals surface area (Å²) in [5.41, 5.74) is 2.51. The summed E-state index contributed by atoms with van der Waals surface area (Å²) < 4.78 is 12.1. The summed E-state index contributed by atoms with van der Waals surface area (Å²) in [5.74, 6) is 1.11. The van der Waals surface area contributed by atoms with Gasteiger partial charge in [-0.1, -0.05) is 58.4 Å². The van der Waals surface area contributed by atoms with Crippen molar-refractivity contribution in [2.75, 3.05) is 6.61 Å². The number of benzene rings is 1. The van der Waals surface area contributed by atoms with E-state index in [-0.39, 0.29) is 6.29 Å². The van der Waals surface area contributed by atoms with Crippen LogP contribution in [-0.4, -0.2) is 12.7 Å². The number of hydrogen-bond acceptors (Lipinski definition) is 2. The molecule has 2 nitrogen and oxygen atoms in total. The van der Waals surface area contributed by atoms with Gasteiger partial charge in [-0.2, -0.15) is 0 Å². The van der Waals surface area contributed by atoms with Gasteiger partial charge in [0.2, 0.25) is 0 Å². The Balaban J connectivity index is 2.05. The average Bonchev–Trinajstić information content (AvgIpc) is 2.47. The van der Waals surface area contributed by atoms with Gasteiger partial charge in [-0.3, -0.25) is 0 Å². The van der Waals surface area contributed by atoms with Gasteiger partial charge in [0.1, 0.15) is 0 Å². The molecule has 0 saturated carbocycles. The highest BCUT2D eigenvalue weighted by Gasteiger charge is 2.30. The third-order valence-corrected chi connectivity index (χ3v) is 4.26. The van der Waals surface area contributed by atoms with Gasteiger partial charge < -0.3 is 9.47 Å². The Morgan fingerprint density at radius 1 is 1.15 bits per heavy atom. The summed E-state index contributed by atoms with van der Waals surface area (Å²) in [7, 11) is 0. The molecule has 1 aromatic rings. The molecule has 0 aromatic heterocycles. The molecule has 1 aliphatic heterocycles. The molecule has 2 rings (SSSR count). The Kier molecular flexibility index (Phi) is 5.62. The Labute approximate surface area is 123 Å². The zero-order chi connectivity index (χ0) is 14.5. The van der Waals surface area contributed by atoms with Crippen LogP contribution in [0.25, 0.3) is 0 Å². The first-order valence-corrected chi connectivity index (χ1v) is 8.02. The largest absolute Gasteiger partial charge is 0.348 e. The van der Waals surface area contributed by atoms with Crippen molar-refractivity contribution in [3.05, 3.63) is 35.4 Å². The third kappa shape index (κ3) is 3.62. The van der Waals surface area contributed by atoms with E-state index in [1.165, 1.54) is 12.0 Å². The van der Waals surface area contributed by atoms with E-state index in [0.717, 1.165) is 25.0 Å². The summed E-state index contributed by atoms with van der Waals surface area (Å²) in [6.07, 6.45) is 3.58. The average molecular weight is 276 g/mol. The maximum atomic E-state index is 6.19. The first-order chi connectivity index (χ1) is 9.65.